The number of anilines is 1. The molecule has 0 bridgehead atoms. The lowest BCUT2D eigenvalue weighted by atomic mass is 9.76. The number of esters is 1. The number of ether oxygens (including phenoxy) is 3. The lowest BCUT2D eigenvalue weighted by Crippen LogP contribution is -2.42. The van der Waals surface area contributed by atoms with Gasteiger partial charge in [0.15, 0.2) is 0 Å². The van der Waals surface area contributed by atoms with Gasteiger partial charge in [-0.15, -0.1) is 12.4 Å². The number of hydrogen-bond donors (Lipinski definition) is 2. The summed E-state index contributed by atoms with van der Waals surface area (Å²) in [7, 11) is 1.62. The van der Waals surface area contributed by atoms with Crippen LogP contribution in [0.5, 0.6) is 0 Å². The van der Waals surface area contributed by atoms with Gasteiger partial charge in [0.2, 0.25) is 11.7 Å². The van der Waals surface area contributed by atoms with Gasteiger partial charge in [-0.3, -0.25) is 4.79 Å². The summed E-state index contributed by atoms with van der Waals surface area (Å²) in [6.45, 7) is 2.70. The summed E-state index contributed by atoms with van der Waals surface area (Å²) >= 11 is 0. The fraction of sp³-hybridized carbons (Fsp3) is 0.615. The number of methoxy groups -OCH3 is 1. The lowest BCUT2D eigenvalue weighted by Gasteiger charge is -2.30. The largest absolute Gasteiger partial charge is 0.460 e. The first-order chi connectivity index (χ1) is 16.7. The molecular weight excluding hydrogens is 472 g/mol. The van der Waals surface area contributed by atoms with Gasteiger partial charge in [-0.2, -0.15) is 0 Å². The van der Waals surface area contributed by atoms with Crippen molar-refractivity contribution in [2.75, 3.05) is 45.4 Å². The van der Waals surface area contributed by atoms with E-state index in [1.807, 2.05) is 6.07 Å². The van der Waals surface area contributed by atoms with Gasteiger partial charge in [0.05, 0.1) is 25.9 Å². The molecule has 1 aliphatic carbocycles. The van der Waals surface area contributed by atoms with Gasteiger partial charge in [-0.05, 0) is 49.1 Å². The molecule has 1 aromatic heterocycles. The topological polar surface area (TPSA) is 99.0 Å². The van der Waals surface area contributed by atoms with Crippen molar-refractivity contribution in [3.63, 3.8) is 0 Å². The third-order valence-electron chi connectivity index (χ3n) is 6.89. The fourth-order valence-electron chi connectivity index (χ4n) is 5.16. The van der Waals surface area contributed by atoms with Gasteiger partial charge < -0.3 is 29.3 Å². The van der Waals surface area contributed by atoms with Crippen LogP contribution in [0.15, 0.2) is 28.7 Å². The molecule has 9 heteroatoms. The monoisotopic (exact) mass is 508 g/mol. The Labute approximate surface area is 212 Å². The maximum Gasteiger partial charge on any atom is 0.374 e. The highest BCUT2D eigenvalue weighted by Gasteiger charge is 2.38. The van der Waals surface area contributed by atoms with Crippen LogP contribution in [0.3, 0.4) is 0 Å². The second-order valence-corrected chi connectivity index (χ2v) is 9.23. The minimum atomic E-state index is -0.510. The molecule has 1 aliphatic heterocycles. The summed E-state index contributed by atoms with van der Waals surface area (Å²) in [6.07, 6.45) is 8.00. The van der Waals surface area contributed by atoms with Gasteiger partial charge in [0.1, 0.15) is 5.58 Å². The number of benzene rings is 1. The van der Waals surface area contributed by atoms with Crippen LogP contribution in [0.1, 0.15) is 55.5 Å². The van der Waals surface area contributed by atoms with E-state index in [9.17, 15) is 9.59 Å². The Morgan fingerprint density at radius 3 is 2.69 bits per heavy atom. The van der Waals surface area contributed by atoms with Gasteiger partial charge >= 0.3 is 5.97 Å². The van der Waals surface area contributed by atoms with Gasteiger partial charge in [-0.25, -0.2) is 4.79 Å². The van der Waals surface area contributed by atoms with E-state index in [1.165, 1.54) is 32.1 Å². The Morgan fingerprint density at radius 1 is 1.06 bits per heavy atom. The summed E-state index contributed by atoms with van der Waals surface area (Å²) in [5, 5.41) is 7.22. The molecule has 1 saturated heterocycles. The number of furan rings is 1. The molecule has 2 fully saturated rings. The lowest BCUT2D eigenvalue weighted by molar-refractivity contribution is -0.119. The normalized spacial score (nSPS) is 20.5. The number of fused-ring (bicyclic) bond motifs is 1. The molecule has 1 saturated carbocycles. The molecule has 2 aromatic rings. The molecule has 194 valence electrons. The summed E-state index contributed by atoms with van der Waals surface area (Å²) < 4.78 is 21.2. The molecule has 35 heavy (non-hydrogen) atoms. The predicted molar refractivity (Wildman–Crippen MR) is 136 cm³/mol. The van der Waals surface area contributed by atoms with E-state index in [-0.39, 0.29) is 36.7 Å². The van der Waals surface area contributed by atoms with Crippen molar-refractivity contribution in [1.82, 2.24) is 5.32 Å². The van der Waals surface area contributed by atoms with E-state index >= 15 is 0 Å². The van der Waals surface area contributed by atoms with Crippen LogP contribution in [0, 0.1) is 11.8 Å². The van der Waals surface area contributed by atoms with Crippen LogP contribution in [-0.4, -0.2) is 58.0 Å². The molecule has 2 N–H and O–H groups in total. The summed E-state index contributed by atoms with van der Waals surface area (Å²) in [5.74, 6) is 0.701. The standard InChI is InChI=1S/C26H36N2O6.ClH/c1-31-14-15-32-12-5-13-33-26(30)23-17-19-16-20(8-9-22(19)34-23)28-25(29)24-21(10-11-27-24)18-6-3-2-4-7-18;/h8-9,16-18,21,24,27H,2-7,10-15H2,1H3,(H,28,29);1H/t21-,24+;/m0./s1. The summed E-state index contributed by atoms with van der Waals surface area (Å²) in [6, 6.07) is 6.92. The summed E-state index contributed by atoms with van der Waals surface area (Å²) in [5.41, 5.74) is 1.27. The van der Waals surface area contributed by atoms with E-state index < -0.39 is 5.97 Å². The van der Waals surface area contributed by atoms with Gasteiger partial charge in [0, 0.05) is 31.2 Å². The Balaban J connectivity index is 0.00000342. The average Bonchev–Trinajstić information content (AvgIpc) is 3.51. The van der Waals surface area contributed by atoms with Crippen molar-refractivity contribution in [3.8, 4) is 0 Å². The first-order valence-electron chi connectivity index (χ1n) is 12.5. The Hall–Kier alpha value is -2.13. The first-order valence-corrected chi connectivity index (χ1v) is 12.5. The molecule has 2 aliphatic rings. The fourth-order valence-corrected chi connectivity index (χ4v) is 5.16. The Bertz CT molecular complexity index is 958. The van der Waals surface area contributed by atoms with Crippen LogP contribution in [0.4, 0.5) is 5.69 Å². The predicted octanol–water partition coefficient (Wildman–Crippen LogP) is 4.56. The van der Waals surface area contributed by atoms with Crippen molar-refractivity contribution in [2.24, 2.45) is 11.8 Å². The highest BCUT2D eigenvalue weighted by molar-refractivity contribution is 5.98. The van der Waals surface area contributed by atoms with E-state index in [0.29, 0.717) is 49.3 Å². The quantitative estimate of drug-likeness (QED) is 0.339. The number of carbonyl (C=O) groups excluding carboxylic acids is 2. The van der Waals surface area contributed by atoms with Crippen molar-refractivity contribution < 1.29 is 28.2 Å². The average molecular weight is 509 g/mol. The maximum atomic E-state index is 13.1. The van der Waals surface area contributed by atoms with Crippen LogP contribution < -0.4 is 10.6 Å². The van der Waals surface area contributed by atoms with Crippen LogP contribution >= 0.6 is 12.4 Å². The molecule has 0 unspecified atom stereocenters. The number of hydrogen-bond acceptors (Lipinski definition) is 7. The molecule has 8 nitrogen and oxygen atoms in total. The van der Waals surface area contributed by atoms with Gasteiger partial charge in [0.25, 0.3) is 0 Å². The summed E-state index contributed by atoms with van der Waals surface area (Å²) in [4.78, 5) is 25.4. The van der Waals surface area contributed by atoms with E-state index in [1.54, 1.807) is 25.3 Å². The number of amides is 1. The minimum absolute atomic E-state index is 0. The van der Waals surface area contributed by atoms with Crippen molar-refractivity contribution in [1.29, 1.82) is 0 Å². The minimum Gasteiger partial charge on any atom is -0.460 e. The van der Waals surface area contributed by atoms with Gasteiger partial charge in [-0.1, -0.05) is 32.1 Å². The molecule has 1 aromatic carbocycles. The Morgan fingerprint density at radius 2 is 1.89 bits per heavy atom. The van der Waals surface area contributed by atoms with Crippen molar-refractivity contribution >= 4 is 40.9 Å². The molecule has 0 radical (unpaired) electrons. The van der Waals surface area contributed by atoms with E-state index in [2.05, 4.69) is 10.6 Å². The smallest absolute Gasteiger partial charge is 0.374 e. The maximum absolute atomic E-state index is 13.1. The number of halogens is 1. The van der Waals surface area contributed by atoms with E-state index in [0.717, 1.165) is 18.4 Å². The molecule has 2 atom stereocenters. The SMILES string of the molecule is COCCOCCCOC(=O)c1cc2cc(NC(=O)[C@@H]3NCC[C@H]3C3CCCCC3)ccc2o1.Cl. The zero-order valence-corrected chi connectivity index (χ0v) is 21.2. The third-order valence-corrected chi connectivity index (χ3v) is 6.89. The van der Waals surface area contributed by atoms with Crippen LogP contribution in [-0.2, 0) is 19.0 Å². The highest BCUT2D eigenvalue weighted by atomic mass is 35.5. The van der Waals surface area contributed by atoms with Crippen molar-refractivity contribution in [3.05, 3.63) is 30.0 Å². The van der Waals surface area contributed by atoms with Crippen LogP contribution in [0.25, 0.3) is 11.0 Å². The zero-order chi connectivity index (χ0) is 23.8. The van der Waals surface area contributed by atoms with E-state index in [4.69, 9.17) is 18.6 Å². The number of rotatable bonds is 11. The Kier molecular flexibility index (Phi) is 10.8. The second-order valence-electron chi connectivity index (χ2n) is 9.23. The molecule has 0 spiro atoms. The number of carbonyl (C=O) groups is 2. The zero-order valence-electron chi connectivity index (χ0n) is 20.4. The van der Waals surface area contributed by atoms with Crippen molar-refractivity contribution in [2.45, 2.75) is 51.0 Å². The molecule has 1 amide bonds. The third kappa shape index (κ3) is 7.43. The molecule has 4 rings (SSSR count). The number of nitrogens with one attached hydrogen (secondary N) is 2. The highest BCUT2D eigenvalue weighted by Crippen LogP contribution is 2.36. The first kappa shape index (κ1) is 27.5. The van der Waals surface area contributed by atoms with Crippen LogP contribution in [0.2, 0.25) is 0 Å². The second kappa shape index (κ2) is 13.8. The molecule has 2 heterocycles. The molecular formula is C26H37ClN2O6.